The Balaban J connectivity index is 2.49. The van der Waals surface area contributed by atoms with Crippen LogP contribution in [-0.2, 0) is 13.1 Å². The molecule has 0 aliphatic heterocycles. The van der Waals surface area contributed by atoms with E-state index < -0.39 is 0 Å². The van der Waals surface area contributed by atoms with E-state index in [-0.39, 0.29) is 11.2 Å². The van der Waals surface area contributed by atoms with Crippen LogP contribution in [0, 0.1) is 0 Å². The summed E-state index contributed by atoms with van der Waals surface area (Å²) in [4.78, 5) is 24.4. The van der Waals surface area contributed by atoms with Gasteiger partial charge in [-0.25, -0.2) is 4.79 Å². The molecule has 0 saturated carbocycles. The number of nitrogens with two attached hydrogens (primary N) is 1. The van der Waals surface area contributed by atoms with Crippen molar-refractivity contribution in [3.63, 3.8) is 0 Å². The third-order valence-electron chi connectivity index (χ3n) is 3.23. The number of aromatic nitrogens is 2. The predicted molar refractivity (Wildman–Crippen MR) is 83.7 cm³/mol. The molecule has 0 saturated heterocycles. The monoisotopic (exact) mass is 288 g/mol. The highest BCUT2D eigenvalue weighted by Crippen LogP contribution is 2.06. The Labute approximate surface area is 122 Å². The van der Waals surface area contributed by atoms with Crippen molar-refractivity contribution in [1.82, 2.24) is 9.13 Å². The summed E-state index contributed by atoms with van der Waals surface area (Å²) in [6, 6.07) is 11.1. The lowest BCUT2D eigenvalue weighted by Crippen LogP contribution is -2.40. The van der Waals surface area contributed by atoms with Crippen molar-refractivity contribution in [2.75, 3.05) is 18.4 Å². The molecular weight excluding hydrogens is 268 g/mol. The molecule has 0 spiro atoms. The Hall–Kier alpha value is -2.34. The van der Waals surface area contributed by atoms with Crippen molar-refractivity contribution in [2.45, 2.75) is 20.0 Å². The Morgan fingerprint density at radius 2 is 1.86 bits per heavy atom. The largest absolute Gasteiger partial charge is 0.370 e. The molecular formula is C15H20N4O2. The van der Waals surface area contributed by atoms with Crippen molar-refractivity contribution in [1.29, 1.82) is 0 Å². The normalized spacial score (nSPS) is 10.6. The van der Waals surface area contributed by atoms with Gasteiger partial charge in [-0.3, -0.25) is 13.9 Å². The number of anilines is 1. The van der Waals surface area contributed by atoms with E-state index >= 15 is 0 Å². The maximum Gasteiger partial charge on any atom is 0.332 e. The molecule has 1 aromatic heterocycles. The third-order valence-corrected chi connectivity index (χ3v) is 3.23. The van der Waals surface area contributed by atoms with E-state index in [0.717, 1.165) is 5.56 Å². The molecule has 1 aromatic carbocycles. The summed E-state index contributed by atoms with van der Waals surface area (Å²) in [6.45, 7) is 3.47. The molecule has 0 aliphatic carbocycles. The minimum absolute atomic E-state index is 0.300. The second kappa shape index (κ2) is 6.90. The van der Waals surface area contributed by atoms with Gasteiger partial charge in [-0.15, -0.1) is 0 Å². The molecule has 2 rings (SSSR count). The van der Waals surface area contributed by atoms with Crippen molar-refractivity contribution in [3.05, 3.63) is 62.8 Å². The van der Waals surface area contributed by atoms with Crippen molar-refractivity contribution in [2.24, 2.45) is 5.73 Å². The summed E-state index contributed by atoms with van der Waals surface area (Å²) in [7, 11) is 0. The van der Waals surface area contributed by atoms with Crippen molar-refractivity contribution in [3.8, 4) is 0 Å². The molecule has 0 aliphatic rings. The number of nitrogens with one attached hydrogen (secondary N) is 1. The first kappa shape index (κ1) is 15.1. The zero-order valence-corrected chi connectivity index (χ0v) is 12.1. The minimum Gasteiger partial charge on any atom is -0.370 e. The standard InChI is InChI=1S/C15H20N4O2/c1-2-18-14(20)10-13(17-9-8-16)19(15(18)21)11-12-6-4-3-5-7-12/h3-7,10,17H,2,8-9,11,16H2,1H3. The van der Waals surface area contributed by atoms with Gasteiger partial charge in [0, 0.05) is 25.7 Å². The van der Waals surface area contributed by atoms with E-state index in [1.807, 2.05) is 30.3 Å². The van der Waals surface area contributed by atoms with Crippen LogP contribution < -0.4 is 22.3 Å². The van der Waals surface area contributed by atoms with Gasteiger partial charge in [-0.1, -0.05) is 30.3 Å². The molecule has 1 heterocycles. The zero-order chi connectivity index (χ0) is 15.2. The Morgan fingerprint density at radius 1 is 1.14 bits per heavy atom. The molecule has 21 heavy (non-hydrogen) atoms. The van der Waals surface area contributed by atoms with Crippen LogP contribution in [0.1, 0.15) is 12.5 Å². The van der Waals surface area contributed by atoms with Gasteiger partial charge in [0.2, 0.25) is 0 Å². The highest BCUT2D eigenvalue weighted by atomic mass is 16.2. The number of hydrogen-bond donors (Lipinski definition) is 2. The van der Waals surface area contributed by atoms with E-state index in [2.05, 4.69) is 5.32 Å². The molecule has 0 bridgehead atoms. The topological polar surface area (TPSA) is 82.0 Å². The molecule has 6 heteroatoms. The number of hydrogen-bond acceptors (Lipinski definition) is 4. The zero-order valence-electron chi connectivity index (χ0n) is 12.1. The molecule has 6 nitrogen and oxygen atoms in total. The summed E-state index contributed by atoms with van der Waals surface area (Å²) < 4.78 is 2.78. The molecule has 0 atom stereocenters. The van der Waals surface area contributed by atoms with Gasteiger partial charge < -0.3 is 11.1 Å². The minimum atomic E-state index is -0.312. The highest BCUT2D eigenvalue weighted by molar-refractivity contribution is 5.35. The quantitative estimate of drug-likeness (QED) is 0.808. The van der Waals surface area contributed by atoms with Crippen LogP contribution in [0.3, 0.4) is 0 Å². The van der Waals surface area contributed by atoms with Gasteiger partial charge in [-0.2, -0.15) is 0 Å². The van der Waals surface area contributed by atoms with Gasteiger partial charge in [0.1, 0.15) is 5.82 Å². The van der Waals surface area contributed by atoms with Crippen LogP contribution in [0.2, 0.25) is 0 Å². The fraction of sp³-hybridized carbons (Fsp3) is 0.333. The summed E-state index contributed by atoms with van der Waals surface area (Å²) in [5, 5.41) is 3.04. The van der Waals surface area contributed by atoms with E-state index in [4.69, 9.17) is 5.73 Å². The molecule has 112 valence electrons. The first-order chi connectivity index (χ1) is 10.2. The van der Waals surface area contributed by atoms with Crippen LogP contribution >= 0.6 is 0 Å². The van der Waals surface area contributed by atoms with Crippen LogP contribution in [0.5, 0.6) is 0 Å². The van der Waals surface area contributed by atoms with E-state index in [1.54, 1.807) is 11.5 Å². The van der Waals surface area contributed by atoms with Gasteiger partial charge in [-0.05, 0) is 12.5 Å². The average molecular weight is 288 g/mol. The van der Waals surface area contributed by atoms with Gasteiger partial charge in [0.25, 0.3) is 5.56 Å². The van der Waals surface area contributed by atoms with E-state index in [1.165, 1.54) is 10.6 Å². The van der Waals surface area contributed by atoms with Gasteiger partial charge in [0.05, 0.1) is 6.54 Å². The SMILES string of the molecule is CCn1c(=O)cc(NCCN)n(Cc2ccccc2)c1=O. The number of rotatable bonds is 6. The van der Waals surface area contributed by atoms with Gasteiger partial charge in [0.15, 0.2) is 0 Å². The lowest BCUT2D eigenvalue weighted by molar-refractivity contribution is 0.601. The first-order valence-corrected chi connectivity index (χ1v) is 7.00. The van der Waals surface area contributed by atoms with Gasteiger partial charge >= 0.3 is 5.69 Å². The van der Waals surface area contributed by atoms with Crippen LogP contribution in [0.4, 0.5) is 5.82 Å². The average Bonchev–Trinajstić information content (AvgIpc) is 2.50. The van der Waals surface area contributed by atoms with Crippen LogP contribution in [0.25, 0.3) is 0 Å². The van der Waals surface area contributed by atoms with Crippen LogP contribution in [0.15, 0.2) is 46.0 Å². The summed E-state index contributed by atoms with van der Waals surface area (Å²) in [6.07, 6.45) is 0. The van der Waals surface area contributed by atoms with E-state index in [9.17, 15) is 9.59 Å². The fourth-order valence-corrected chi connectivity index (χ4v) is 2.17. The maximum absolute atomic E-state index is 12.5. The second-order valence-electron chi connectivity index (χ2n) is 4.68. The second-order valence-corrected chi connectivity index (χ2v) is 4.68. The number of nitrogens with zero attached hydrogens (tertiary/aromatic N) is 2. The Bertz CT molecular complexity index is 704. The van der Waals surface area contributed by atoms with E-state index in [0.29, 0.717) is 32.0 Å². The molecule has 2 aromatic rings. The Kier molecular flexibility index (Phi) is 4.94. The fourth-order valence-electron chi connectivity index (χ4n) is 2.17. The Morgan fingerprint density at radius 3 is 2.48 bits per heavy atom. The molecule has 0 unspecified atom stereocenters. The predicted octanol–water partition coefficient (Wildman–Crippen LogP) is 0.449. The van der Waals surface area contributed by atoms with Crippen LogP contribution in [-0.4, -0.2) is 22.2 Å². The summed E-state index contributed by atoms with van der Waals surface area (Å²) in [5.41, 5.74) is 5.86. The summed E-state index contributed by atoms with van der Waals surface area (Å²) >= 11 is 0. The molecule has 0 amide bonds. The first-order valence-electron chi connectivity index (χ1n) is 7.00. The molecule has 3 N–H and O–H groups in total. The van der Waals surface area contributed by atoms with Crippen molar-refractivity contribution < 1.29 is 0 Å². The third kappa shape index (κ3) is 3.41. The lowest BCUT2D eigenvalue weighted by atomic mass is 10.2. The molecule has 0 fully saturated rings. The smallest absolute Gasteiger partial charge is 0.332 e. The summed E-state index contributed by atoms with van der Waals surface area (Å²) in [5.74, 6) is 0.504. The van der Waals surface area contributed by atoms with Crippen molar-refractivity contribution >= 4 is 5.82 Å². The lowest BCUT2D eigenvalue weighted by Gasteiger charge is -2.16. The molecule has 0 radical (unpaired) electrons. The number of benzene rings is 1. The maximum atomic E-state index is 12.5. The highest BCUT2D eigenvalue weighted by Gasteiger charge is 2.10.